The van der Waals surface area contributed by atoms with Crippen LogP contribution in [0, 0.1) is 0 Å². The molecule has 2 rings (SSSR count). The second-order valence-corrected chi connectivity index (χ2v) is 6.04. The molecule has 2 aromatic carbocycles. The fourth-order valence-electron chi connectivity index (χ4n) is 2.32. The zero-order valence-corrected chi connectivity index (χ0v) is 15.3. The molecule has 0 bridgehead atoms. The molecule has 1 amide bonds. The summed E-state index contributed by atoms with van der Waals surface area (Å²) in [5, 5.41) is 3.53. The lowest BCUT2D eigenvalue weighted by Crippen LogP contribution is -2.35. The maximum Gasteiger partial charge on any atom is 0.251 e. The largest absolute Gasteiger partial charge is 0.496 e. The van der Waals surface area contributed by atoms with Gasteiger partial charge >= 0.3 is 0 Å². The van der Waals surface area contributed by atoms with Gasteiger partial charge in [0.05, 0.1) is 13.7 Å². The second kappa shape index (κ2) is 9.30. The summed E-state index contributed by atoms with van der Waals surface area (Å²) in [6, 6.07) is 12.3. The smallest absolute Gasteiger partial charge is 0.251 e. The van der Waals surface area contributed by atoms with Crippen molar-refractivity contribution in [2.24, 2.45) is 0 Å². The van der Waals surface area contributed by atoms with Crippen LogP contribution in [0.2, 0.25) is 5.02 Å². The van der Waals surface area contributed by atoms with Gasteiger partial charge in [-0.1, -0.05) is 11.6 Å². The van der Waals surface area contributed by atoms with Crippen molar-refractivity contribution in [1.29, 1.82) is 0 Å². The van der Waals surface area contributed by atoms with E-state index in [1.165, 1.54) is 0 Å². The number of carbonyl (C=O) groups excluding carboxylic acids is 1. The van der Waals surface area contributed by atoms with E-state index in [2.05, 4.69) is 5.32 Å². The van der Waals surface area contributed by atoms with E-state index in [0.29, 0.717) is 28.7 Å². The van der Waals surface area contributed by atoms with Gasteiger partial charge in [0.1, 0.15) is 18.1 Å². The minimum Gasteiger partial charge on any atom is -0.496 e. The Morgan fingerprint density at radius 1 is 1.16 bits per heavy atom. The van der Waals surface area contributed by atoms with E-state index in [0.717, 1.165) is 5.56 Å². The van der Waals surface area contributed by atoms with Crippen molar-refractivity contribution in [2.45, 2.75) is 19.6 Å². The van der Waals surface area contributed by atoms with Crippen molar-refractivity contribution in [1.82, 2.24) is 5.32 Å². The lowest BCUT2D eigenvalue weighted by Gasteiger charge is -2.15. The highest BCUT2D eigenvalue weighted by molar-refractivity contribution is 6.30. The number of methoxy groups -OCH3 is 2. The maximum absolute atomic E-state index is 12.3. The van der Waals surface area contributed by atoms with Crippen LogP contribution in [0.1, 0.15) is 22.8 Å². The number of hydrogen-bond donors (Lipinski definition) is 1. The van der Waals surface area contributed by atoms with Crippen molar-refractivity contribution >= 4 is 17.5 Å². The monoisotopic (exact) mass is 363 g/mol. The van der Waals surface area contributed by atoms with Crippen LogP contribution in [0.3, 0.4) is 0 Å². The lowest BCUT2D eigenvalue weighted by atomic mass is 10.1. The van der Waals surface area contributed by atoms with Crippen molar-refractivity contribution in [3.63, 3.8) is 0 Å². The zero-order chi connectivity index (χ0) is 18.2. The van der Waals surface area contributed by atoms with E-state index in [1.54, 1.807) is 56.7 Å². The van der Waals surface area contributed by atoms with E-state index in [4.69, 9.17) is 25.8 Å². The summed E-state index contributed by atoms with van der Waals surface area (Å²) in [6.07, 6.45) is 0. The van der Waals surface area contributed by atoms with Crippen LogP contribution in [0.25, 0.3) is 0 Å². The molecule has 0 radical (unpaired) electrons. The molecule has 6 heteroatoms. The van der Waals surface area contributed by atoms with E-state index in [-0.39, 0.29) is 18.6 Å². The number of amides is 1. The highest BCUT2D eigenvalue weighted by Gasteiger charge is 2.13. The van der Waals surface area contributed by atoms with Crippen LogP contribution >= 0.6 is 11.6 Å². The van der Waals surface area contributed by atoms with Gasteiger partial charge in [0.25, 0.3) is 5.91 Å². The fraction of sp³-hybridized carbons (Fsp3) is 0.316. The number of ether oxygens (including phenoxy) is 3. The Hall–Kier alpha value is -2.24. The standard InChI is InChI=1S/C19H22ClNO4/c1-13(11-23-2)21-19(22)14-4-9-18(24-3)15(10-14)12-25-17-7-5-16(20)6-8-17/h4-10,13H,11-12H2,1-3H3,(H,21,22). The van der Waals surface area contributed by atoms with Crippen molar-refractivity contribution < 1.29 is 19.0 Å². The first-order valence-electron chi connectivity index (χ1n) is 7.88. The topological polar surface area (TPSA) is 56.8 Å². The molecule has 1 N–H and O–H groups in total. The molecule has 0 aliphatic heterocycles. The third kappa shape index (κ3) is 5.66. The Balaban J connectivity index is 2.10. The lowest BCUT2D eigenvalue weighted by molar-refractivity contribution is 0.0905. The average molecular weight is 364 g/mol. The van der Waals surface area contributed by atoms with Crippen LogP contribution in [0.5, 0.6) is 11.5 Å². The third-order valence-electron chi connectivity index (χ3n) is 3.54. The molecule has 0 saturated heterocycles. The van der Waals surface area contributed by atoms with Crippen LogP contribution in [-0.2, 0) is 11.3 Å². The average Bonchev–Trinajstić information content (AvgIpc) is 2.61. The van der Waals surface area contributed by atoms with Crippen LogP contribution < -0.4 is 14.8 Å². The first-order chi connectivity index (χ1) is 12.0. The minimum absolute atomic E-state index is 0.0756. The van der Waals surface area contributed by atoms with Gasteiger partial charge in [0.15, 0.2) is 0 Å². The Kier molecular flexibility index (Phi) is 7.10. The summed E-state index contributed by atoms with van der Waals surface area (Å²) >= 11 is 5.87. The van der Waals surface area contributed by atoms with E-state index < -0.39 is 0 Å². The van der Waals surface area contributed by atoms with Crippen molar-refractivity contribution in [2.75, 3.05) is 20.8 Å². The molecule has 5 nitrogen and oxygen atoms in total. The summed E-state index contributed by atoms with van der Waals surface area (Å²) in [5.41, 5.74) is 1.32. The Morgan fingerprint density at radius 2 is 1.88 bits per heavy atom. The SMILES string of the molecule is COCC(C)NC(=O)c1ccc(OC)c(COc2ccc(Cl)cc2)c1. The minimum atomic E-state index is -0.167. The zero-order valence-electron chi connectivity index (χ0n) is 14.5. The third-order valence-corrected chi connectivity index (χ3v) is 3.80. The highest BCUT2D eigenvalue weighted by Crippen LogP contribution is 2.23. The molecule has 0 saturated carbocycles. The van der Waals surface area contributed by atoms with Gasteiger partial charge in [-0.15, -0.1) is 0 Å². The maximum atomic E-state index is 12.3. The molecular weight excluding hydrogens is 342 g/mol. The van der Waals surface area contributed by atoms with Crippen LogP contribution in [0.15, 0.2) is 42.5 Å². The first kappa shape index (κ1) is 19.1. The second-order valence-electron chi connectivity index (χ2n) is 5.60. The summed E-state index contributed by atoms with van der Waals surface area (Å²) in [7, 11) is 3.18. The van der Waals surface area contributed by atoms with Gasteiger partial charge in [-0.2, -0.15) is 0 Å². The summed E-state index contributed by atoms with van der Waals surface area (Å²) in [6.45, 7) is 2.61. The molecule has 0 aliphatic carbocycles. The summed E-state index contributed by atoms with van der Waals surface area (Å²) in [5.74, 6) is 1.19. The predicted molar refractivity (Wildman–Crippen MR) is 97.6 cm³/mol. The van der Waals surface area contributed by atoms with E-state index in [9.17, 15) is 4.79 Å². The summed E-state index contributed by atoms with van der Waals surface area (Å²) in [4.78, 5) is 12.3. The molecule has 1 unspecified atom stereocenters. The van der Waals surface area contributed by atoms with E-state index >= 15 is 0 Å². The van der Waals surface area contributed by atoms with Gasteiger partial charge in [0, 0.05) is 29.3 Å². The van der Waals surface area contributed by atoms with Gasteiger partial charge in [0.2, 0.25) is 0 Å². The van der Waals surface area contributed by atoms with Gasteiger partial charge < -0.3 is 19.5 Å². The van der Waals surface area contributed by atoms with Gasteiger partial charge in [-0.05, 0) is 49.4 Å². The first-order valence-corrected chi connectivity index (χ1v) is 8.26. The summed E-state index contributed by atoms with van der Waals surface area (Å²) < 4.78 is 16.1. The van der Waals surface area contributed by atoms with Crippen LogP contribution in [-0.4, -0.2) is 32.8 Å². The predicted octanol–water partition coefficient (Wildman–Crippen LogP) is 3.69. The molecular formula is C19H22ClNO4. The molecule has 0 aromatic heterocycles. The number of rotatable bonds is 8. The van der Waals surface area contributed by atoms with Gasteiger partial charge in [-0.3, -0.25) is 4.79 Å². The molecule has 1 atom stereocenters. The quantitative estimate of drug-likeness (QED) is 0.777. The van der Waals surface area contributed by atoms with Crippen molar-refractivity contribution in [3.05, 3.63) is 58.6 Å². The number of benzene rings is 2. The van der Waals surface area contributed by atoms with Gasteiger partial charge in [-0.25, -0.2) is 0 Å². The normalized spacial score (nSPS) is 11.7. The van der Waals surface area contributed by atoms with Crippen LogP contribution in [0.4, 0.5) is 0 Å². The number of halogens is 1. The molecule has 2 aromatic rings. The Labute approximate surface area is 152 Å². The van der Waals surface area contributed by atoms with Crippen molar-refractivity contribution in [3.8, 4) is 11.5 Å². The number of nitrogens with one attached hydrogen (secondary N) is 1. The molecule has 0 aliphatic rings. The Morgan fingerprint density at radius 3 is 2.52 bits per heavy atom. The highest BCUT2D eigenvalue weighted by atomic mass is 35.5. The number of carbonyl (C=O) groups is 1. The molecule has 25 heavy (non-hydrogen) atoms. The van der Waals surface area contributed by atoms with E-state index in [1.807, 2.05) is 6.92 Å². The molecule has 0 fully saturated rings. The Bertz CT molecular complexity index is 703. The fourth-order valence-corrected chi connectivity index (χ4v) is 2.45. The molecule has 0 spiro atoms. The molecule has 134 valence electrons. The molecule has 0 heterocycles. The number of hydrogen-bond acceptors (Lipinski definition) is 4.